The zero-order chi connectivity index (χ0) is 16.7. The Kier molecular flexibility index (Phi) is 8.26. The molecule has 2 aromatic rings. The van der Waals surface area contributed by atoms with Crippen LogP contribution in [-0.2, 0) is 11.2 Å². The lowest BCUT2D eigenvalue weighted by molar-refractivity contribution is -0.122. The van der Waals surface area contributed by atoms with Crippen molar-refractivity contribution in [1.29, 1.82) is 0 Å². The van der Waals surface area contributed by atoms with Crippen LogP contribution in [0.5, 0.6) is 5.75 Å². The summed E-state index contributed by atoms with van der Waals surface area (Å²) in [4.78, 5) is 12.0. The van der Waals surface area contributed by atoms with Crippen LogP contribution in [0.4, 0.5) is 0 Å². The molecule has 0 aliphatic carbocycles. The number of aliphatic hydroxyl groups is 1. The van der Waals surface area contributed by atoms with E-state index in [2.05, 4.69) is 5.32 Å². The Labute approximate surface area is 148 Å². The summed E-state index contributed by atoms with van der Waals surface area (Å²) in [6, 6.07) is 16.1. The Morgan fingerprint density at radius 3 is 2.58 bits per heavy atom. The van der Waals surface area contributed by atoms with Crippen LogP contribution in [-0.4, -0.2) is 30.7 Å². The van der Waals surface area contributed by atoms with E-state index in [9.17, 15) is 9.90 Å². The number of nitrogens with one attached hydrogen (secondary N) is 1. The Hall–Kier alpha value is -2.08. The first kappa shape index (κ1) is 20.0. The molecule has 4 N–H and O–H groups in total. The first-order chi connectivity index (χ1) is 11.1. The predicted octanol–water partition coefficient (Wildman–Crippen LogP) is 1.84. The Morgan fingerprint density at radius 1 is 1.21 bits per heavy atom. The molecule has 5 nitrogen and oxygen atoms in total. The summed E-state index contributed by atoms with van der Waals surface area (Å²) in [5, 5.41) is 12.8. The lowest BCUT2D eigenvalue weighted by Crippen LogP contribution is -2.43. The third-order valence-corrected chi connectivity index (χ3v) is 3.58. The fraction of sp³-hybridized carbons (Fsp3) is 0.278. The number of methoxy groups -OCH3 is 1. The molecule has 0 radical (unpaired) electrons. The van der Waals surface area contributed by atoms with Gasteiger partial charge in [0, 0.05) is 6.54 Å². The van der Waals surface area contributed by atoms with Gasteiger partial charge in [-0.05, 0) is 29.7 Å². The van der Waals surface area contributed by atoms with Crippen molar-refractivity contribution in [2.45, 2.75) is 18.6 Å². The number of ether oxygens (including phenoxy) is 1. The fourth-order valence-corrected chi connectivity index (χ4v) is 2.26. The van der Waals surface area contributed by atoms with Crippen LogP contribution in [0.3, 0.4) is 0 Å². The highest BCUT2D eigenvalue weighted by Crippen LogP contribution is 2.18. The molecule has 0 saturated carbocycles. The SMILES string of the molecule is COc1cccc(C(O)CNC(=O)[C@@H](N)Cc2ccccc2)c1.Cl. The first-order valence-electron chi connectivity index (χ1n) is 7.49. The van der Waals surface area contributed by atoms with Crippen LogP contribution < -0.4 is 15.8 Å². The van der Waals surface area contributed by atoms with Gasteiger partial charge in [0.25, 0.3) is 0 Å². The molecule has 0 aliphatic heterocycles. The maximum atomic E-state index is 12.0. The first-order valence-corrected chi connectivity index (χ1v) is 7.49. The van der Waals surface area contributed by atoms with Crippen molar-refractivity contribution in [2.75, 3.05) is 13.7 Å². The summed E-state index contributed by atoms with van der Waals surface area (Å²) in [5.74, 6) is 0.379. The summed E-state index contributed by atoms with van der Waals surface area (Å²) in [5.41, 5.74) is 7.59. The normalized spacial score (nSPS) is 12.6. The van der Waals surface area contributed by atoms with Crippen LogP contribution in [0.25, 0.3) is 0 Å². The number of halogens is 1. The quantitative estimate of drug-likeness (QED) is 0.711. The largest absolute Gasteiger partial charge is 0.497 e. The highest BCUT2D eigenvalue weighted by molar-refractivity contribution is 5.85. The molecule has 0 saturated heterocycles. The summed E-state index contributed by atoms with van der Waals surface area (Å²) in [7, 11) is 1.57. The molecule has 0 bridgehead atoms. The van der Waals surface area contributed by atoms with E-state index in [0.29, 0.717) is 17.7 Å². The lowest BCUT2D eigenvalue weighted by atomic mass is 10.1. The van der Waals surface area contributed by atoms with Crippen molar-refractivity contribution in [3.8, 4) is 5.75 Å². The minimum Gasteiger partial charge on any atom is -0.497 e. The van der Waals surface area contributed by atoms with Gasteiger partial charge in [-0.3, -0.25) is 4.79 Å². The average Bonchev–Trinajstić information content (AvgIpc) is 2.60. The molecule has 130 valence electrons. The second-order valence-electron chi connectivity index (χ2n) is 5.33. The van der Waals surface area contributed by atoms with Crippen LogP contribution in [0.2, 0.25) is 0 Å². The molecule has 0 heterocycles. The second-order valence-corrected chi connectivity index (χ2v) is 5.33. The minimum atomic E-state index is -0.807. The Balaban J connectivity index is 0.00000288. The van der Waals surface area contributed by atoms with E-state index in [0.717, 1.165) is 5.56 Å². The van der Waals surface area contributed by atoms with Gasteiger partial charge in [-0.25, -0.2) is 0 Å². The Morgan fingerprint density at radius 2 is 1.92 bits per heavy atom. The molecule has 0 aromatic heterocycles. The number of nitrogens with two attached hydrogens (primary N) is 1. The van der Waals surface area contributed by atoms with Crippen molar-refractivity contribution in [3.05, 3.63) is 65.7 Å². The van der Waals surface area contributed by atoms with E-state index in [-0.39, 0.29) is 24.9 Å². The number of carbonyl (C=O) groups excluding carboxylic acids is 1. The van der Waals surface area contributed by atoms with E-state index in [1.54, 1.807) is 31.4 Å². The third kappa shape index (κ3) is 5.85. The molecular weight excluding hydrogens is 328 g/mol. The highest BCUT2D eigenvalue weighted by Gasteiger charge is 2.16. The van der Waals surface area contributed by atoms with Crippen LogP contribution in [0, 0.1) is 0 Å². The number of aliphatic hydroxyl groups excluding tert-OH is 1. The molecule has 2 atom stereocenters. The number of carbonyl (C=O) groups is 1. The van der Waals surface area contributed by atoms with Crippen molar-refractivity contribution < 1.29 is 14.6 Å². The topological polar surface area (TPSA) is 84.6 Å². The molecular formula is C18H23ClN2O3. The zero-order valence-corrected chi connectivity index (χ0v) is 14.3. The van der Waals surface area contributed by atoms with E-state index in [1.165, 1.54) is 0 Å². The van der Waals surface area contributed by atoms with Gasteiger partial charge in [0.05, 0.1) is 19.3 Å². The van der Waals surface area contributed by atoms with Crippen LogP contribution >= 0.6 is 12.4 Å². The minimum absolute atomic E-state index is 0. The molecule has 6 heteroatoms. The smallest absolute Gasteiger partial charge is 0.237 e. The summed E-state index contributed by atoms with van der Waals surface area (Å²) in [6.45, 7) is 0.106. The van der Waals surface area contributed by atoms with Gasteiger partial charge < -0.3 is 20.9 Å². The summed E-state index contributed by atoms with van der Waals surface area (Å²) in [6.07, 6.45) is -0.347. The zero-order valence-electron chi connectivity index (χ0n) is 13.5. The van der Waals surface area contributed by atoms with Crippen molar-refractivity contribution in [2.24, 2.45) is 5.73 Å². The van der Waals surface area contributed by atoms with Gasteiger partial charge in [-0.2, -0.15) is 0 Å². The molecule has 0 fully saturated rings. The van der Waals surface area contributed by atoms with Gasteiger partial charge in [-0.15, -0.1) is 12.4 Å². The number of amides is 1. The summed E-state index contributed by atoms with van der Waals surface area (Å²) < 4.78 is 5.12. The van der Waals surface area contributed by atoms with Crippen LogP contribution in [0.15, 0.2) is 54.6 Å². The average molecular weight is 351 g/mol. The van der Waals surface area contributed by atoms with E-state index >= 15 is 0 Å². The van der Waals surface area contributed by atoms with Crippen molar-refractivity contribution in [1.82, 2.24) is 5.32 Å². The maximum Gasteiger partial charge on any atom is 0.237 e. The monoisotopic (exact) mass is 350 g/mol. The van der Waals surface area contributed by atoms with Gasteiger partial charge in [0.15, 0.2) is 0 Å². The van der Waals surface area contributed by atoms with Gasteiger partial charge in [-0.1, -0.05) is 42.5 Å². The number of rotatable bonds is 7. The number of hydrogen-bond acceptors (Lipinski definition) is 4. The van der Waals surface area contributed by atoms with Gasteiger partial charge in [0.2, 0.25) is 5.91 Å². The number of benzene rings is 2. The maximum absolute atomic E-state index is 12.0. The molecule has 1 unspecified atom stereocenters. The third-order valence-electron chi connectivity index (χ3n) is 3.58. The van der Waals surface area contributed by atoms with Crippen LogP contribution in [0.1, 0.15) is 17.2 Å². The van der Waals surface area contributed by atoms with E-state index < -0.39 is 12.1 Å². The highest BCUT2D eigenvalue weighted by atomic mass is 35.5. The molecule has 0 spiro atoms. The molecule has 0 aliphatic rings. The van der Waals surface area contributed by atoms with Crippen molar-refractivity contribution >= 4 is 18.3 Å². The van der Waals surface area contributed by atoms with Gasteiger partial charge >= 0.3 is 0 Å². The number of hydrogen-bond donors (Lipinski definition) is 3. The molecule has 2 rings (SSSR count). The Bertz CT molecular complexity index is 637. The van der Waals surface area contributed by atoms with E-state index in [1.807, 2.05) is 30.3 Å². The fourth-order valence-electron chi connectivity index (χ4n) is 2.26. The predicted molar refractivity (Wildman–Crippen MR) is 96.3 cm³/mol. The molecule has 2 aromatic carbocycles. The van der Waals surface area contributed by atoms with Gasteiger partial charge in [0.1, 0.15) is 5.75 Å². The molecule has 1 amide bonds. The summed E-state index contributed by atoms with van der Waals surface area (Å²) >= 11 is 0. The standard InChI is InChI=1S/C18H22N2O3.ClH/c1-23-15-9-5-8-14(11-15)17(21)12-20-18(22)16(19)10-13-6-3-2-4-7-13;/h2-9,11,16-17,21H,10,12,19H2,1H3,(H,20,22);1H/t16-,17?;/m0./s1. The van der Waals surface area contributed by atoms with E-state index in [4.69, 9.17) is 10.5 Å². The van der Waals surface area contributed by atoms with Crippen molar-refractivity contribution in [3.63, 3.8) is 0 Å². The lowest BCUT2D eigenvalue weighted by Gasteiger charge is -2.16. The molecule has 24 heavy (non-hydrogen) atoms. The second kappa shape index (κ2) is 9.93.